The Morgan fingerprint density at radius 3 is 3.00 bits per heavy atom. The minimum Gasteiger partial charge on any atom is -0.361 e. The summed E-state index contributed by atoms with van der Waals surface area (Å²) in [6.45, 7) is 2.28. The van der Waals surface area contributed by atoms with Crippen LogP contribution in [0.15, 0.2) is 39.8 Å². The summed E-state index contributed by atoms with van der Waals surface area (Å²) in [5.41, 5.74) is 0.726. The molecule has 0 N–H and O–H groups in total. The first kappa shape index (κ1) is 8.74. The van der Waals surface area contributed by atoms with Crippen molar-refractivity contribution in [3.05, 3.63) is 52.3 Å². The van der Waals surface area contributed by atoms with Gasteiger partial charge in [-0.05, 0) is 13.0 Å². The third-order valence-electron chi connectivity index (χ3n) is 1.91. The van der Waals surface area contributed by atoms with Crippen molar-refractivity contribution >= 4 is 0 Å². The highest BCUT2D eigenvalue weighted by atomic mass is 16.5. The standard InChI is InChI=1S/C10H10N2O2/c1-8-6-9(11-14-8)7-12-5-3-2-4-10(12)13/h2-6H,7H2,1H3. The largest absolute Gasteiger partial charge is 0.361 e. The summed E-state index contributed by atoms with van der Waals surface area (Å²) in [5, 5.41) is 3.82. The lowest BCUT2D eigenvalue weighted by Gasteiger charge is -1.99. The molecule has 4 heteroatoms. The molecule has 2 aromatic rings. The minimum absolute atomic E-state index is 0.0341. The smallest absolute Gasteiger partial charge is 0.250 e. The average Bonchev–Trinajstić information content (AvgIpc) is 2.56. The maximum Gasteiger partial charge on any atom is 0.250 e. The molecule has 0 aliphatic rings. The van der Waals surface area contributed by atoms with Crippen molar-refractivity contribution < 1.29 is 4.52 Å². The Kier molecular flexibility index (Phi) is 2.18. The van der Waals surface area contributed by atoms with Crippen LogP contribution >= 0.6 is 0 Å². The fourth-order valence-electron chi connectivity index (χ4n) is 1.26. The van der Waals surface area contributed by atoms with Gasteiger partial charge in [0, 0.05) is 18.3 Å². The third kappa shape index (κ3) is 1.74. The molecule has 14 heavy (non-hydrogen) atoms. The fourth-order valence-corrected chi connectivity index (χ4v) is 1.26. The highest BCUT2D eigenvalue weighted by Gasteiger charge is 2.01. The van der Waals surface area contributed by atoms with E-state index in [1.54, 1.807) is 16.8 Å². The molecule has 4 nitrogen and oxygen atoms in total. The summed E-state index contributed by atoms with van der Waals surface area (Å²) in [6.07, 6.45) is 1.73. The van der Waals surface area contributed by atoms with Crippen molar-refractivity contribution in [1.29, 1.82) is 0 Å². The maximum atomic E-state index is 11.3. The highest BCUT2D eigenvalue weighted by Crippen LogP contribution is 2.02. The van der Waals surface area contributed by atoms with Crippen LogP contribution in [0.4, 0.5) is 0 Å². The number of hydrogen-bond donors (Lipinski definition) is 0. The zero-order valence-corrected chi connectivity index (χ0v) is 7.80. The molecule has 0 saturated heterocycles. The van der Waals surface area contributed by atoms with Crippen molar-refractivity contribution in [2.24, 2.45) is 0 Å². The Balaban J connectivity index is 2.27. The van der Waals surface area contributed by atoms with Gasteiger partial charge in [-0.15, -0.1) is 0 Å². The lowest BCUT2D eigenvalue weighted by atomic mass is 10.3. The fraction of sp³-hybridized carbons (Fsp3) is 0.200. The molecule has 0 atom stereocenters. The molecule has 0 aromatic carbocycles. The second kappa shape index (κ2) is 3.49. The van der Waals surface area contributed by atoms with E-state index in [2.05, 4.69) is 5.16 Å². The van der Waals surface area contributed by atoms with Gasteiger partial charge in [0.25, 0.3) is 5.56 Å². The van der Waals surface area contributed by atoms with Gasteiger partial charge in [0.15, 0.2) is 0 Å². The van der Waals surface area contributed by atoms with E-state index in [0.29, 0.717) is 6.54 Å². The van der Waals surface area contributed by atoms with Gasteiger partial charge in [0.05, 0.1) is 6.54 Å². The first-order valence-electron chi connectivity index (χ1n) is 4.33. The van der Waals surface area contributed by atoms with Crippen LogP contribution in [0, 0.1) is 6.92 Å². The van der Waals surface area contributed by atoms with Gasteiger partial charge in [0.2, 0.25) is 0 Å². The van der Waals surface area contributed by atoms with E-state index in [0.717, 1.165) is 11.5 Å². The van der Waals surface area contributed by atoms with E-state index in [9.17, 15) is 4.79 Å². The Bertz CT molecular complexity index is 485. The summed E-state index contributed by atoms with van der Waals surface area (Å²) in [4.78, 5) is 11.3. The van der Waals surface area contributed by atoms with Gasteiger partial charge in [-0.3, -0.25) is 4.79 Å². The van der Waals surface area contributed by atoms with Crippen LogP contribution < -0.4 is 5.56 Å². The summed E-state index contributed by atoms with van der Waals surface area (Å²) in [6, 6.07) is 6.87. The average molecular weight is 190 g/mol. The van der Waals surface area contributed by atoms with Crippen molar-refractivity contribution in [2.45, 2.75) is 13.5 Å². The van der Waals surface area contributed by atoms with Crippen LogP contribution in [-0.4, -0.2) is 9.72 Å². The number of nitrogens with zero attached hydrogens (tertiary/aromatic N) is 2. The molecule has 2 rings (SSSR count). The van der Waals surface area contributed by atoms with E-state index < -0.39 is 0 Å². The monoisotopic (exact) mass is 190 g/mol. The number of pyridine rings is 1. The molecule has 0 aliphatic carbocycles. The van der Waals surface area contributed by atoms with Crippen molar-refractivity contribution in [3.8, 4) is 0 Å². The van der Waals surface area contributed by atoms with Crippen molar-refractivity contribution in [2.75, 3.05) is 0 Å². The summed E-state index contributed by atoms with van der Waals surface area (Å²) < 4.78 is 6.49. The Morgan fingerprint density at radius 2 is 2.36 bits per heavy atom. The van der Waals surface area contributed by atoms with Crippen LogP contribution in [0.25, 0.3) is 0 Å². The van der Waals surface area contributed by atoms with E-state index >= 15 is 0 Å². The zero-order valence-electron chi connectivity index (χ0n) is 7.80. The molecule has 0 spiro atoms. The number of rotatable bonds is 2. The van der Waals surface area contributed by atoms with E-state index in [1.165, 1.54) is 6.07 Å². The highest BCUT2D eigenvalue weighted by molar-refractivity contribution is 5.05. The van der Waals surface area contributed by atoms with E-state index in [4.69, 9.17) is 4.52 Å². The molecule has 0 saturated carbocycles. The third-order valence-corrected chi connectivity index (χ3v) is 1.91. The van der Waals surface area contributed by atoms with Crippen molar-refractivity contribution in [3.63, 3.8) is 0 Å². The molecule has 2 aromatic heterocycles. The Morgan fingerprint density at radius 1 is 1.50 bits per heavy atom. The van der Waals surface area contributed by atoms with Gasteiger partial charge >= 0.3 is 0 Å². The van der Waals surface area contributed by atoms with Crippen LogP contribution in [-0.2, 0) is 6.54 Å². The van der Waals surface area contributed by atoms with Gasteiger partial charge < -0.3 is 9.09 Å². The second-order valence-corrected chi connectivity index (χ2v) is 3.10. The second-order valence-electron chi connectivity index (χ2n) is 3.10. The molecule has 72 valence electrons. The number of aryl methyl sites for hydroxylation is 1. The minimum atomic E-state index is -0.0341. The van der Waals surface area contributed by atoms with Gasteiger partial charge in [-0.25, -0.2) is 0 Å². The molecule has 0 amide bonds. The molecule has 0 bridgehead atoms. The molecule has 2 heterocycles. The molecular weight excluding hydrogens is 180 g/mol. The molecule has 0 radical (unpaired) electrons. The van der Waals surface area contributed by atoms with Crippen LogP contribution in [0.5, 0.6) is 0 Å². The number of hydrogen-bond acceptors (Lipinski definition) is 3. The van der Waals surface area contributed by atoms with Crippen LogP contribution in [0.3, 0.4) is 0 Å². The Labute approximate surface area is 80.8 Å². The quantitative estimate of drug-likeness (QED) is 0.714. The van der Waals surface area contributed by atoms with Gasteiger partial charge in [-0.1, -0.05) is 11.2 Å². The lowest BCUT2D eigenvalue weighted by Crippen LogP contribution is -2.18. The lowest BCUT2D eigenvalue weighted by molar-refractivity contribution is 0.388. The molecular formula is C10H10N2O2. The SMILES string of the molecule is Cc1cc(Cn2ccccc2=O)no1. The molecule has 0 aliphatic heterocycles. The molecule has 0 fully saturated rings. The van der Waals surface area contributed by atoms with E-state index in [-0.39, 0.29) is 5.56 Å². The summed E-state index contributed by atoms with van der Waals surface area (Å²) in [5.74, 6) is 0.754. The predicted molar refractivity (Wildman–Crippen MR) is 51.0 cm³/mol. The number of aromatic nitrogens is 2. The van der Waals surface area contributed by atoms with Crippen LogP contribution in [0.2, 0.25) is 0 Å². The first-order chi connectivity index (χ1) is 6.75. The van der Waals surface area contributed by atoms with E-state index in [1.807, 2.05) is 19.1 Å². The predicted octanol–water partition coefficient (Wildman–Crippen LogP) is 1.19. The molecule has 0 unspecified atom stereocenters. The topological polar surface area (TPSA) is 48.0 Å². The maximum absolute atomic E-state index is 11.3. The Hall–Kier alpha value is -1.84. The van der Waals surface area contributed by atoms with Gasteiger partial charge in [-0.2, -0.15) is 0 Å². The zero-order chi connectivity index (χ0) is 9.97. The first-order valence-corrected chi connectivity index (χ1v) is 4.33. The summed E-state index contributed by atoms with van der Waals surface area (Å²) in [7, 11) is 0. The van der Waals surface area contributed by atoms with Crippen LogP contribution in [0.1, 0.15) is 11.5 Å². The summed E-state index contributed by atoms with van der Waals surface area (Å²) >= 11 is 0. The van der Waals surface area contributed by atoms with Gasteiger partial charge in [0.1, 0.15) is 11.5 Å². The normalized spacial score (nSPS) is 10.4. The van der Waals surface area contributed by atoms with Crippen molar-refractivity contribution in [1.82, 2.24) is 9.72 Å².